The fourth-order valence-electron chi connectivity index (χ4n) is 2.61. The van der Waals surface area contributed by atoms with Gasteiger partial charge in [-0.2, -0.15) is 0 Å². The molecule has 2 rings (SSSR count). The molecule has 1 aliphatic rings. The Bertz CT molecular complexity index is 626. The van der Waals surface area contributed by atoms with Gasteiger partial charge in [0.2, 0.25) is 5.75 Å². The molecular weight excluding hydrogens is 324 g/mol. The maximum atomic E-state index is 12.0. The second-order valence-corrected chi connectivity index (χ2v) is 5.71. The summed E-state index contributed by atoms with van der Waals surface area (Å²) in [6.07, 6.45) is 6.50. The van der Waals surface area contributed by atoms with Crippen LogP contribution in [0.3, 0.4) is 0 Å². The number of methoxy groups -OCH3 is 2. The van der Waals surface area contributed by atoms with Crippen LogP contribution < -0.4 is 19.6 Å². The molecule has 0 atom stereocenters. The number of hydrogen-bond acceptors (Lipinski definition) is 6. The summed E-state index contributed by atoms with van der Waals surface area (Å²) in [5, 5.41) is 1.93. The highest BCUT2D eigenvalue weighted by Gasteiger charge is 2.16. The molecule has 1 fully saturated rings. The smallest absolute Gasteiger partial charge is 0.308 e. The van der Waals surface area contributed by atoms with Crippen LogP contribution in [0.25, 0.3) is 6.08 Å². The van der Waals surface area contributed by atoms with E-state index < -0.39 is 5.97 Å². The van der Waals surface area contributed by atoms with Crippen LogP contribution in [0, 0.1) is 0 Å². The largest absolute Gasteiger partial charge is 0.493 e. The van der Waals surface area contributed by atoms with Crippen LogP contribution in [0.1, 0.15) is 31.7 Å². The quantitative estimate of drug-likeness (QED) is 0.482. The fourth-order valence-corrected chi connectivity index (χ4v) is 2.61. The Kier molecular flexibility index (Phi) is 6.82. The van der Waals surface area contributed by atoms with E-state index in [1.54, 1.807) is 18.2 Å². The van der Waals surface area contributed by atoms with Crippen LogP contribution in [0.4, 0.5) is 0 Å². The molecule has 0 bridgehead atoms. The zero-order chi connectivity index (χ0) is 18.2. The SMILES string of the molecule is COc1cc(/C=C/C(=O)NN2CCCCC2)cc(OC)c1OC(C)=O. The molecule has 1 saturated heterocycles. The summed E-state index contributed by atoms with van der Waals surface area (Å²) in [6, 6.07) is 3.34. The van der Waals surface area contributed by atoms with E-state index in [1.165, 1.54) is 33.6 Å². The van der Waals surface area contributed by atoms with Gasteiger partial charge in [-0.15, -0.1) is 0 Å². The molecule has 1 aliphatic heterocycles. The molecule has 0 radical (unpaired) electrons. The predicted molar refractivity (Wildman–Crippen MR) is 93.5 cm³/mol. The molecule has 0 saturated carbocycles. The molecule has 1 aromatic carbocycles. The number of hydrogen-bond donors (Lipinski definition) is 1. The minimum Gasteiger partial charge on any atom is -0.493 e. The van der Waals surface area contributed by atoms with Crippen LogP contribution in [0.5, 0.6) is 17.2 Å². The van der Waals surface area contributed by atoms with E-state index >= 15 is 0 Å². The van der Waals surface area contributed by atoms with Gasteiger partial charge in [0.25, 0.3) is 5.91 Å². The van der Waals surface area contributed by atoms with E-state index in [2.05, 4.69) is 5.43 Å². The molecule has 1 aromatic rings. The van der Waals surface area contributed by atoms with Crippen molar-refractivity contribution >= 4 is 18.0 Å². The van der Waals surface area contributed by atoms with E-state index in [0.29, 0.717) is 17.1 Å². The van der Waals surface area contributed by atoms with Gasteiger partial charge in [0, 0.05) is 26.1 Å². The number of carbonyl (C=O) groups excluding carboxylic acids is 2. The molecule has 1 heterocycles. The number of hydrazine groups is 1. The predicted octanol–water partition coefficient (Wildman–Crippen LogP) is 2.16. The lowest BCUT2D eigenvalue weighted by Crippen LogP contribution is -2.44. The number of nitrogens with one attached hydrogen (secondary N) is 1. The van der Waals surface area contributed by atoms with Crippen LogP contribution in [-0.4, -0.2) is 44.2 Å². The highest BCUT2D eigenvalue weighted by atomic mass is 16.6. The minimum absolute atomic E-state index is 0.191. The third-order valence-corrected chi connectivity index (χ3v) is 3.78. The average molecular weight is 348 g/mol. The summed E-state index contributed by atoms with van der Waals surface area (Å²) >= 11 is 0. The third-order valence-electron chi connectivity index (χ3n) is 3.78. The second kappa shape index (κ2) is 9.08. The van der Waals surface area contributed by atoms with Crippen LogP contribution in [0.15, 0.2) is 18.2 Å². The molecule has 0 aliphatic carbocycles. The van der Waals surface area contributed by atoms with E-state index in [4.69, 9.17) is 14.2 Å². The average Bonchev–Trinajstić information content (AvgIpc) is 2.61. The first-order valence-corrected chi connectivity index (χ1v) is 8.21. The van der Waals surface area contributed by atoms with Crippen molar-refractivity contribution in [3.05, 3.63) is 23.8 Å². The zero-order valence-electron chi connectivity index (χ0n) is 14.8. The maximum absolute atomic E-state index is 12.0. The Morgan fingerprint density at radius 1 is 1.08 bits per heavy atom. The molecule has 1 amide bonds. The summed E-state index contributed by atoms with van der Waals surface area (Å²) in [5.41, 5.74) is 3.55. The number of nitrogens with zero attached hydrogens (tertiary/aromatic N) is 1. The van der Waals surface area contributed by atoms with Gasteiger partial charge in [0.05, 0.1) is 14.2 Å². The van der Waals surface area contributed by atoms with Gasteiger partial charge < -0.3 is 14.2 Å². The first kappa shape index (κ1) is 18.8. The summed E-state index contributed by atoms with van der Waals surface area (Å²) in [5.74, 6) is 0.258. The summed E-state index contributed by atoms with van der Waals surface area (Å²) in [4.78, 5) is 23.3. The first-order chi connectivity index (χ1) is 12.0. The Balaban J connectivity index is 2.12. The highest BCUT2D eigenvalue weighted by molar-refractivity contribution is 5.91. The second-order valence-electron chi connectivity index (χ2n) is 5.71. The van der Waals surface area contributed by atoms with Crippen LogP contribution in [-0.2, 0) is 9.59 Å². The van der Waals surface area contributed by atoms with Crippen molar-refractivity contribution in [1.82, 2.24) is 10.4 Å². The minimum atomic E-state index is -0.471. The summed E-state index contributed by atoms with van der Waals surface area (Å²) < 4.78 is 15.7. The van der Waals surface area contributed by atoms with Gasteiger partial charge in [-0.25, -0.2) is 5.01 Å². The van der Waals surface area contributed by atoms with E-state index in [1.807, 2.05) is 5.01 Å². The third kappa shape index (κ3) is 5.49. The van der Waals surface area contributed by atoms with Crippen molar-refractivity contribution in [2.45, 2.75) is 26.2 Å². The number of benzene rings is 1. The molecule has 0 unspecified atom stereocenters. The fraction of sp³-hybridized carbons (Fsp3) is 0.444. The van der Waals surface area contributed by atoms with Gasteiger partial charge in [0.1, 0.15) is 0 Å². The standard InChI is InChI=1S/C18H24N2O5/c1-13(21)25-18-15(23-2)11-14(12-16(18)24-3)7-8-17(22)19-20-9-5-4-6-10-20/h7-8,11-12H,4-6,9-10H2,1-3H3,(H,19,22)/b8-7+. The lowest BCUT2D eigenvalue weighted by molar-refractivity contribution is -0.132. The van der Waals surface area contributed by atoms with E-state index in [9.17, 15) is 9.59 Å². The van der Waals surface area contributed by atoms with Gasteiger partial charge in [-0.05, 0) is 36.6 Å². The molecule has 25 heavy (non-hydrogen) atoms. The molecule has 7 heteroatoms. The van der Waals surface area contributed by atoms with Crippen LogP contribution >= 0.6 is 0 Å². The van der Waals surface area contributed by atoms with Gasteiger partial charge in [-0.3, -0.25) is 15.0 Å². The topological polar surface area (TPSA) is 77.1 Å². The van der Waals surface area contributed by atoms with Gasteiger partial charge in [0.15, 0.2) is 11.5 Å². The summed E-state index contributed by atoms with van der Waals surface area (Å²) in [7, 11) is 2.94. The molecule has 7 nitrogen and oxygen atoms in total. The highest BCUT2D eigenvalue weighted by Crippen LogP contribution is 2.39. The Labute approximate surface area is 147 Å². The Hall–Kier alpha value is -2.54. The lowest BCUT2D eigenvalue weighted by atomic mass is 10.1. The van der Waals surface area contributed by atoms with Crippen molar-refractivity contribution in [3.63, 3.8) is 0 Å². The summed E-state index contributed by atoms with van der Waals surface area (Å²) in [6.45, 7) is 3.05. The van der Waals surface area contributed by atoms with E-state index in [0.717, 1.165) is 25.9 Å². The molecule has 0 aromatic heterocycles. The number of ether oxygens (including phenoxy) is 3. The van der Waals surface area contributed by atoms with Crippen LogP contribution in [0.2, 0.25) is 0 Å². The van der Waals surface area contributed by atoms with E-state index in [-0.39, 0.29) is 11.7 Å². The molecular formula is C18H24N2O5. The molecule has 1 N–H and O–H groups in total. The zero-order valence-corrected chi connectivity index (χ0v) is 14.8. The van der Waals surface area contributed by atoms with Gasteiger partial charge in [-0.1, -0.05) is 6.42 Å². The number of rotatable bonds is 6. The number of piperidine rings is 1. The number of esters is 1. The maximum Gasteiger partial charge on any atom is 0.308 e. The van der Waals surface area contributed by atoms with Crippen molar-refractivity contribution < 1.29 is 23.8 Å². The van der Waals surface area contributed by atoms with Crippen molar-refractivity contribution in [3.8, 4) is 17.2 Å². The Morgan fingerprint density at radius 3 is 2.20 bits per heavy atom. The normalized spacial score (nSPS) is 15.0. The van der Waals surface area contributed by atoms with Gasteiger partial charge >= 0.3 is 5.97 Å². The Morgan fingerprint density at radius 2 is 1.68 bits per heavy atom. The first-order valence-electron chi connectivity index (χ1n) is 8.21. The number of amides is 1. The van der Waals surface area contributed by atoms with Crippen molar-refractivity contribution in [2.75, 3.05) is 27.3 Å². The monoisotopic (exact) mass is 348 g/mol. The van der Waals surface area contributed by atoms with Crippen molar-refractivity contribution in [2.24, 2.45) is 0 Å². The molecule has 0 spiro atoms. The lowest BCUT2D eigenvalue weighted by Gasteiger charge is -2.26. The van der Waals surface area contributed by atoms with Crippen molar-refractivity contribution in [1.29, 1.82) is 0 Å². The number of carbonyl (C=O) groups is 2. The molecule has 136 valence electrons.